The number of pyridine rings is 1. The van der Waals surface area contributed by atoms with E-state index in [1.165, 1.54) is 65.3 Å². The van der Waals surface area contributed by atoms with Crippen LogP contribution in [0, 0.1) is 0 Å². The molecule has 8 aromatic carbocycles. The Morgan fingerprint density at radius 2 is 1.02 bits per heavy atom. The molecule has 0 radical (unpaired) electrons. The third-order valence-electron chi connectivity index (χ3n) is 10.6. The number of rotatable bonds is 4. The first-order chi connectivity index (χ1) is 26.2. The smallest absolute Gasteiger partial charge is 0.163 e. The molecule has 0 aliphatic carbocycles. The number of aromatic nitrogens is 4. The first-order valence-corrected chi connectivity index (χ1v) is 17.9. The molecular weight excluding hydrogens is 645 g/mol. The SMILES string of the molecule is c1ccc2cc(-c3nc(-c4ccc(-n5c6cc7ccccc7cc6c6c(-c7ccc8ccccc8c7)cccc65)cc4)nc4ncccc34)ccc2c1. The van der Waals surface area contributed by atoms with Crippen molar-refractivity contribution in [3.05, 3.63) is 182 Å². The van der Waals surface area contributed by atoms with E-state index in [1.54, 1.807) is 6.20 Å². The normalized spacial score (nSPS) is 11.8. The fourth-order valence-electron chi connectivity index (χ4n) is 8.04. The van der Waals surface area contributed by atoms with Gasteiger partial charge >= 0.3 is 0 Å². The topological polar surface area (TPSA) is 43.6 Å². The predicted molar refractivity (Wildman–Crippen MR) is 220 cm³/mol. The lowest BCUT2D eigenvalue weighted by Gasteiger charge is -2.12. The van der Waals surface area contributed by atoms with Gasteiger partial charge in [0.25, 0.3) is 0 Å². The molecule has 0 saturated heterocycles. The molecule has 4 heteroatoms. The molecule has 0 saturated carbocycles. The van der Waals surface area contributed by atoms with E-state index in [0.29, 0.717) is 11.5 Å². The van der Waals surface area contributed by atoms with E-state index >= 15 is 0 Å². The number of fused-ring (bicyclic) bond motifs is 7. The molecule has 11 rings (SSSR count). The highest BCUT2D eigenvalue weighted by molar-refractivity contribution is 6.19. The molecule has 11 aromatic rings. The quantitative estimate of drug-likeness (QED) is 0.187. The van der Waals surface area contributed by atoms with Crippen LogP contribution in [0.5, 0.6) is 0 Å². The summed E-state index contributed by atoms with van der Waals surface area (Å²) >= 11 is 0. The molecule has 3 aromatic heterocycles. The Morgan fingerprint density at radius 1 is 0.396 bits per heavy atom. The molecule has 3 heterocycles. The predicted octanol–water partition coefficient (Wildman–Crippen LogP) is 12.6. The molecule has 0 spiro atoms. The van der Waals surface area contributed by atoms with Crippen molar-refractivity contribution < 1.29 is 0 Å². The fourth-order valence-corrected chi connectivity index (χ4v) is 8.04. The van der Waals surface area contributed by atoms with Gasteiger partial charge < -0.3 is 4.57 Å². The van der Waals surface area contributed by atoms with Gasteiger partial charge in [0.05, 0.1) is 16.7 Å². The molecular formula is C49H30N4. The lowest BCUT2D eigenvalue weighted by atomic mass is 9.96. The van der Waals surface area contributed by atoms with E-state index in [9.17, 15) is 0 Å². The molecule has 0 N–H and O–H groups in total. The second-order valence-corrected chi connectivity index (χ2v) is 13.7. The zero-order chi connectivity index (χ0) is 34.9. The van der Waals surface area contributed by atoms with Crippen LogP contribution in [0.15, 0.2) is 182 Å². The lowest BCUT2D eigenvalue weighted by molar-refractivity contribution is 1.17. The molecule has 0 bridgehead atoms. The fraction of sp³-hybridized carbons (Fsp3) is 0. The van der Waals surface area contributed by atoms with Crippen molar-refractivity contribution in [2.75, 3.05) is 0 Å². The van der Waals surface area contributed by atoms with Gasteiger partial charge in [-0.2, -0.15) is 0 Å². The second-order valence-electron chi connectivity index (χ2n) is 13.7. The van der Waals surface area contributed by atoms with E-state index in [4.69, 9.17) is 9.97 Å². The highest BCUT2D eigenvalue weighted by Gasteiger charge is 2.18. The van der Waals surface area contributed by atoms with Crippen LogP contribution in [-0.4, -0.2) is 19.5 Å². The third-order valence-corrected chi connectivity index (χ3v) is 10.6. The summed E-state index contributed by atoms with van der Waals surface area (Å²) in [4.78, 5) is 14.8. The van der Waals surface area contributed by atoms with Crippen LogP contribution in [0.1, 0.15) is 0 Å². The standard InChI is InChI=1S/C49H30N4/c1-3-11-34-27-38(20-18-31(34)9-1)41-15-7-17-44-46(41)43-29-36-13-5-6-14-37(36)30-45(43)53(44)40-24-22-33(23-25-40)48-51-47(42-16-8-26-50-49(42)52-48)39-21-19-32-10-2-4-12-35(32)28-39/h1-30H. The van der Waals surface area contributed by atoms with E-state index in [2.05, 4.69) is 179 Å². The van der Waals surface area contributed by atoms with Crippen molar-refractivity contribution in [2.45, 2.75) is 0 Å². The maximum absolute atomic E-state index is 5.18. The van der Waals surface area contributed by atoms with Gasteiger partial charge in [0, 0.05) is 39.2 Å². The van der Waals surface area contributed by atoms with E-state index in [1.807, 2.05) is 6.07 Å². The van der Waals surface area contributed by atoms with Gasteiger partial charge in [0.1, 0.15) is 0 Å². The van der Waals surface area contributed by atoms with Crippen LogP contribution in [0.25, 0.3) is 105 Å². The van der Waals surface area contributed by atoms with E-state index in [0.717, 1.165) is 27.9 Å². The Balaban J connectivity index is 1.09. The maximum atomic E-state index is 5.18. The Kier molecular flexibility index (Phi) is 6.52. The molecule has 4 nitrogen and oxygen atoms in total. The Labute approximate surface area is 305 Å². The number of nitrogens with zero attached hydrogens (tertiary/aromatic N) is 4. The van der Waals surface area contributed by atoms with Crippen LogP contribution < -0.4 is 0 Å². The van der Waals surface area contributed by atoms with Gasteiger partial charge in [-0.25, -0.2) is 15.0 Å². The largest absolute Gasteiger partial charge is 0.309 e. The first-order valence-electron chi connectivity index (χ1n) is 17.9. The summed E-state index contributed by atoms with van der Waals surface area (Å²) in [5.41, 5.74) is 9.39. The van der Waals surface area contributed by atoms with Gasteiger partial charge in [-0.3, -0.25) is 0 Å². The van der Waals surface area contributed by atoms with E-state index < -0.39 is 0 Å². The minimum absolute atomic E-state index is 0.651. The molecule has 0 aliphatic rings. The number of benzene rings is 8. The van der Waals surface area contributed by atoms with Crippen molar-refractivity contribution in [1.29, 1.82) is 0 Å². The van der Waals surface area contributed by atoms with Gasteiger partial charge in [-0.05, 0) is 110 Å². The highest BCUT2D eigenvalue weighted by Crippen LogP contribution is 2.41. The average Bonchev–Trinajstić information content (AvgIpc) is 3.55. The molecule has 0 fully saturated rings. The molecule has 0 amide bonds. The van der Waals surface area contributed by atoms with Crippen LogP contribution in [-0.2, 0) is 0 Å². The summed E-state index contributed by atoms with van der Waals surface area (Å²) in [7, 11) is 0. The maximum Gasteiger partial charge on any atom is 0.163 e. The second kappa shape index (κ2) is 11.7. The first kappa shape index (κ1) is 29.5. The summed E-state index contributed by atoms with van der Waals surface area (Å²) in [5.74, 6) is 0.651. The van der Waals surface area contributed by atoms with Crippen molar-refractivity contribution in [3.8, 4) is 39.5 Å². The van der Waals surface area contributed by atoms with Crippen molar-refractivity contribution in [2.24, 2.45) is 0 Å². The summed E-state index contributed by atoms with van der Waals surface area (Å²) in [6.45, 7) is 0. The average molecular weight is 675 g/mol. The summed E-state index contributed by atoms with van der Waals surface area (Å²) in [6.07, 6.45) is 1.80. The Morgan fingerprint density at radius 3 is 1.75 bits per heavy atom. The van der Waals surface area contributed by atoms with Gasteiger partial charge in [-0.15, -0.1) is 0 Å². The summed E-state index contributed by atoms with van der Waals surface area (Å²) < 4.78 is 2.40. The monoisotopic (exact) mass is 674 g/mol. The number of hydrogen-bond acceptors (Lipinski definition) is 3. The van der Waals surface area contributed by atoms with Crippen molar-refractivity contribution in [3.63, 3.8) is 0 Å². The minimum atomic E-state index is 0.651. The van der Waals surface area contributed by atoms with Crippen molar-refractivity contribution >= 4 is 65.2 Å². The Hall–Kier alpha value is -7.17. The van der Waals surface area contributed by atoms with Gasteiger partial charge in [0.15, 0.2) is 11.5 Å². The molecule has 0 atom stereocenters. The summed E-state index contributed by atoms with van der Waals surface area (Å²) in [5, 5.41) is 10.7. The number of hydrogen-bond donors (Lipinski definition) is 0. The molecule has 0 unspecified atom stereocenters. The van der Waals surface area contributed by atoms with Crippen LogP contribution in [0.3, 0.4) is 0 Å². The van der Waals surface area contributed by atoms with Crippen molar-refractivity contribution in [1.82, 2.24) is 19.5 Å². The van der Waals surface area contributed by atoms with Crippen LogP contribution in [0.4, 0.5) is 0 Å². The van der Waals surface area contributed by atoms with Gasteiger partial charge in [-0.1, -0.05) is 109 Å². The third kappa shape index (κ3) is 4.80. The zero-order valence-electron chi connectivity index (χ0n) is 28.6. The zero-order valence-corrected chi connectivity index (χ0v) is 28.6. The van der Waals surface area contributed by atoms with Gasteiger partial charge in [0.2, 0.25) is 0 Å². The molecule has 53 heavy (non-hydrogen) atoms. The highest BCUT2D eigenvalue weighted by atomic mass is 15.0. The minimum Gasteiger partial charge on any atom is -0.309 e. The van der Waals surface area contributed by atoms with Crippen LogP contribution >= 0.6 is 0 Å². The van der Waals surface area contributed by atoms with E-state index in [-0.39, 0.29) is 0 Å². The Bertz CT molecular complexity index is 3230. The molecule has 0 aliphatic heterocycles. The molecule has 246 valence electrons. The summed E-state index contributed by atoms with van der Waals surface area (Å²) in [6, 6.07) is 62.9. The van der Waals surface area contributed by atoms with Crippen LogP contribution in [0.2, 0.25) is 0 Å². The lowest BCUT2D eigenvalue weighted by Crippen LogP contribution is -1.98.